The second-order valence-corrected chi connectivity index (χ2v) is 9.66. The lowest BCUT2D eigenvalue weighted by atomic mass is 9.94. The fourth-order valence-electron chi connectivity index (χ4n) is 4.79. The van der Waals surface area contributed by atoms with Crippen molar-refractivity contribution in [1.82, 2.24) is 9.80 Å². The van der Waals surface area contributed by atoms with Crippen molar-refractivity contribution < 1.29 is 23.9 Å². The van der Waals surface area contributed by atoms with Crippen molar-refractivity contribution in [2.24, 2.45) is 5.92 Å². The number of ether oxygens (including phenoxy) is 2. The summed E-state index contributed by atoms with van der Waals surface area (Å²) in [6, 6.07) is 7.18. The largest absolute Gasteiger partial charge is 0.494 e. The number of amides is 2. The summed E-state index contributed by atoms with van der Waals surface area (Å²) < 4.78 is 11.4. The monoisotopic (exact) mass is 472 g/mol. The number of ketones is 1. The number of hydrogen-bond acceptors (Lipinski definition) is 5. The number of morpholine rings is 1. The van der Waals surface area contributed by atoms with Gasteiger partial charge in [-0.3, -0.25) is 14.4 Å². The first-order valence-corrected chi connectivity index (χ1v) is 12.9. The molecule has 2 fully saturated rings. The molecule has 7 heteroatoms. The zero-order valence-corrected chi connectivity index (χ0v) is 21.0. The van der Waals surface area contributed by atoms with Gasteiger partial charge in [0.2, 0.25) is 11.8 Å². The molecule has 2 saturated heterocycles. The van der Waals surface area contributed by atoms with Gasteiger partial charge < -0.3 is 19.3 Å². The highest BCUT2D eigenvalue weighted by Gasteiger charge is 2.33. The molecule has 0 spiro atoms. The maximum absolute atomic E-state index is 12.9. The van der Waals surface area contributed by atoms with E-state index in [1.165, 1.54) is 0 Å². The van der Waals surface area contributed by atoms with Crippen molar-refractivity contribution in [2.75, 3.05) is 32.8 Å². The molecule has 2 aliphatic rings. The Balaban J connectivity index is 1.38. The molecule has 2 heterocycles. The van der Waals surface area contributed by atoms with Crippen LogP contribution in [-0.4, -0.2) is 72.4 Å². The van der Waals surface area contributed by atoms with Crippen LogP contribution < -0.4 is 4.74 Å². The van der Waals surface area contributed by atoms with Gasteiger partial charge in [-0.05, 0) is 57.4 Å². The predicted octanol–water partition coefficient (Wildman–Crippen LogP) is 4.09. The third-order valence-electron chi connectivity index (χ3n) is 6.69. The Morgan fingerprint density at radius 3 is 2.21 bits per heavy atom. The molecule has 0 N–H and O–H groups in total. The summed E-state index contributed by atoms with van der Waals surface area (Å²) in [7, 11) is 0. The van der Waals surface area contributed by atoms with E-state index in [1.54, 1.807) is 17.0 Å². The molecule has 3 rings (SSSR count). The quantitative estimate of drug-likeness (QED) is 0.379. The van der Waals surface area contributed by atoms with Crippen LogP contribution in [0.3, 0.4) is 0 Å². The van der Waals surface area contributed by atoms with Crippen LogP contribution in [0.4, 0.5) is 0 Å². The fraction of sp³-hybridized carbons (Fsp3) is 0.667. The molecular formula is C27H40N2O5. The summed E-state index contributed by atoms with van der Waals surface area (Å²) in [5.41, 5.74) is 0.604. The van der Waals surface area contributed by atoms with Gasteiger partial charge in [0.25, 0.3) is 0 Å². The van der Waals surface area contributed by atoms with Crippen LogP contribution in [0.2, 0.25) is 0 Å². The number of nitrogens with zero attached hydrogens (tertiary/aromatic N) is 2. The number of rotatable bonds is 10. The topological polar surface area (TPSA) is 76.2 Å². The molecule has 7 nitrogen and oxygen atoms in total. The Bertz CT molecular complexity index is 807. The van der Waals surface area contributed by atoms with E-state index in [9.17, 15) is 14.4 Å². The lowest BCUT2D eigenvalue weighted by Crippen LogP contribution is -2.51. The third kappa shape index (κ3) is 7.55. The van der Waals surface area contributed by atoms with Crippen molar-refractivity contribution >= 4 is 17.6 Å². The van der Waals surface area contributed by atoms with Crippen molar-refractivity contribution in [2.45, 2.75) is 77.9 Å². The van der Waals surface area contributed by atoms with E-state index < -0.39 is 0 Å². The number of likely N-dealkylation sites (tertiary alicyclic amines) is 1. The van der Waals surface area contributed by atoms with Gasteiger partial charge in [0, 0.05) is 50.5 Å². The highest BCUT2D eigenvalue weighted by atomic mass is 16.5. The standard InChI is InChI=1S/C27H40N2O5/c1-4-5-6-17-33-24-9-7-22(8-10-24)25(30)11-12-26(31)28-15-13-23(14-16-28)27(32)29-18-20(2)34-21(3)19-29/h7-10,20-21,23H,4-6,11-19H2,1-3H3. The SMILES string of the molecule is CCCCCOc1ccc(C(=O)CCC(=O)N2CCC(C(=O)N3CC(C)OC(C)C3)CC2)cc1. The molecule has 2 amide bonds. The van der Waals surface area contributed by atoms with E-state index in [1.807, 2.05) is 30.9 Å². The number of unbranched alkanes of at least 4 members (excludes halogenated alkanes) is 2. The molecule has 1 aromatic rings. The van der Waals surface area contributed by atoms with E-state index in [-0.39, 0.29) is 48.6 Å². The number of piperidine rings is 1. The minimum absolute atomic E-state index is 0.0104. The molecule has 34 heavy (non-hydrogen) atoms. The van der Waals surface area contributed by atoms with Crippen molar-refractivity contribution in [3.05, 3.63) is 29.8 Å². The average molecular weight is 473 g/mol. The maximum atomic E-state index is 12.9. The van der Waals surface area contributed by atoms with Crippen LogP contribution in [-0.2, 0) is 14.3 Å². The summed E-state index contributed by atoms with van der Waals surface area (Å²) >= 11 is 0. The first-order valence-electron chi connectivity index (χ1n) is 12.9. The van der Waals surface area contributed by atoms with Crippen molar-refractivity contribution in [3.63, 3.8) is 0 Å². The summed E-state index contributed by atoms with van der Waals surface area (Å²) in [6.07, 6.45) is 5.18. The Hall–Kier alpha value is -2.41. The number of hydrogen-bond donors (Lipinski definition) is 0. The Labute approximate surface area is 203 Å². The van der Waals surface area contributed by atoms with Crippen LogP contribution in [0.1, 0.15) is 76.1 Å². The molecule has 0 saturated carbocycles. The van der Waals surface area contributed by atoms with Gasteiger partial charge in [0.15, 0.2) is 5.78 Å². The van der Waals surface area contributed by atoms with Crippen LogP contribution in [0.15, 0.2) is 24.3 Å². The number of carbonyl (C=O) groups is 3. The van der Waals surface area contributed by atoms with Gasteiger partial charge in [-0.1, -0.05) is 19.8 Å². The molecule has 0 bridgehead atoms. The molecule has 2 aliphatic heterocycles. The van der Waals surface area contributed by atoms with Gasteiger partial charge in [-0.25, -0.2) is 0 Å². The van der Waals surface area contributed by atoms with E-state index in [2.05, 4.69) is 6.92 Å². The second kappa shape index (κ2) is 12.9. The second-order valence-electron chi connectivity index (χ2n) is 9.66. The third-order valence-corrected chi connectivity index (χ3v) is 6.69. The van der Waals surface area contributed by atoms with E-state index in [4.69, 9.17) is 9.47 Å². The molecule has 0 aromatic heterocycles. The minimum Gasteiger partial charge on any atom is -0.494 e. The van der Waals surface area contributed by atoms with E-state index in [0.717, 1.165) is 25.0 Å². The number of carbonyl (C=O) groups excluding carboxylic acids is 3. The summed E-state index contributed by atoms with van der Waals surface area (Å²) in [6.45, 7) is 9.24. The Morgan fingerprint density at radius 1 is 0.941 bits per heavy atom. The zero-order valence-electron chi connectivity index (χ0n) is 21.0. The smallest absolute Gasteiger partial charge is 0.225 e. The van der Waals surface area contributed by atoms with Crippen molar-refractivity contribution in [3.8, 4) is 5.75 Å². The molecule has 0 aliphatic carbocycles. The maximum Gasteiger partial charge on any atom is 0.225 e. The van der Waals surface area contributed by atoms with Gasteiger partial charge in [-0.2, -0.15) is 0 Å². The van der Waals surface area contributed by atoms with Crippen LogP contribution >= 0.6 is 0 Å². The fourth-order valence-corrected chi connectivity index (χ4v) is 4.79. The Kier molecular flexibility index (Phi) is 9.93. The highest BCUT2D eigenvalue weighted by Crippen LogP contribution is 2.23. The first kappa shape index (κ1) is 26.2. The van der Waals surface area contributed by atoms with Gasteiger partial charge >= 0.3 is 0 Å². The first-order chi connectivity index (χ1) is 16.4. The lowest BCUT2D eigenvalue weighted by molar-refractivity contribution is -0.150. The van der Waals surface area contributed by atoms with Crippen LogP contribution in [0.25, 0.3) is 0 Å². The van der Waals surface area contributed by atoms with E-state index >= 15 is 0 Å². The molecule has 1 aromatic carbocycles. The summed E-state index contributed by atoms with van der Waals surface area (Å²) in [4.78, 5) is 41.8. The van der Waals surface area contributed by atoms with E-state index in [0.29, 0.717) is 51.2 Å². The van der Waals surface area contributed by atoms with Gasteiger partial charge in [-0.15, -0.1) is 0 Å². The highest BCUT2D eigenvalue weighted by molar-refractivity contribution is 5.98. The van der Waals surface area contributed by atoms with Crippen molar-refractivity contribution in [1.29, 1.82) is 0 Å². The predicted molar refractivity (Wildman–Crippen MR) is 131 cm³/mol. The number of Topliss-reactive ketones (excluding diaryl/α,β-unsaturated/α-hetero) is 1. The molecule has 0 radical (unpaired) electrons. The summed E-state index contributed by atoms with van der Waals surface area (Å²) in [5.74, 6) is 0.866. The normalized spacial score (nSPS) is 21.4. The lowest BCUT2D eigenvalue weighted by Gasteiger charge is -2.39. The zero-order chi connectivity index (χ0) is 24.5. The number of benzene rings is 1. The van der Waals surface area contributed by atoms with Crippen LogP contribution in [0.5, 0.6) is 5.75 Å². The van der Waals surface area contributed by atoms with Crippen LogP contribution in [0, 0.1) is 5.92 Å². The molecule has 188 valence electrons. The summed E-state index contributed by atoms with van der Waals surface area (Å²) in [5, 5.41) is 0. The minimum atomic E-state index is -0.0362. The molecule has 2 unspecified atom stereocenters. The Morgan fingerprint density at radius 2 is 1.59 bits per heavy atom. The average Bonchev–Trinajstić information content (AvgIpc) is 2.84. The van der Waals surface area contributed by atoms with Gasteiger partial charge in [0.05, 0.1) is 18.8 Å². The molecule has 2 atom stereocenters. The van der Waals surface area contributed by atoms with Gasteiger partial charge in [0.1, 0.15) is 5.75 Å². The molecular weight excluding hydrogens is 432 g/mol.